The number of anilines is 1. The number of halogens is 1. The number of aryl methyl sites for hydroxylation is 2. The van der Waals surface area contributed by atoms with Crippen molar-refractivity contribution in [3.8, 4) is 0 Å². The number of aromatic nitrogens is 2. The van der Waals surface area contributed by atoms with Crippen molar-refractivity contribution in [3.63, 3.8) is 0 Å². The van der Waals surface area contributed by atoms with Crippen molar-refractivity contribution in [1.82, 2.24) is 9.97 Å². The van der Waals surface area contributed by atoms with E-state index in [9.17, 15) is 8.42 Å². The van der Waals surface area contributed by atoms with E-state index in [4.69, 9.17) is 11.6 Å². The van der Waals surface area contributed by atoms with Gasteiger partial charge in [0.1, 0.15) is 9.36 Å². The molecule has 2 aromatic heterocycles. The van der Waals surface area contributed by atoms with Crippen LogP contribution < -0.4 is 4.72 Å². The van der Waals surface area contributed by atoms with E-state index in [1.807, 2.05) is 6.92 Å². The van der Waals surface area contributed by atoms with Crippen molar-refractivity contribution < 1.29 is 8.42 Å². The molecule has 102 valence electrons. The van der Waals surface area contributed by atoms with Gasteiger partial charge in [0.2, 0.25) is 5.95 Å². The summed E-state index contributed by atoms with van der Waals surface area (Å²) in [6.45, 7) is 3.69. The Hall–Kier alpha value is -1.18. The van der Waals surface area contributed by atoms with Crippen molar-refractivity contribution in [2.45, 2.75) is 24.5 Å². The van der Waals surface area contributed by atoms with Gasteiger partial charge in [-0.05, 0) is 31.5 Å². The Morgan fingerprint density at radius 1 is 1.37 bits per heavy atom. The molecule has 0 amide bonds. The quantitative estimate of drug-likeness (QED) is 0.880. The van der Waals surface area contributed by atoms with Crippen molar-refractivity contribution in [3.05, 3.63) is 33.9 Å². The van der Waals surface area contributed by atoms with Gasteiger partial charge in [-0.3, -0.25) is 0 Å². The Balaban J connectivity index is 2.30. The zero-order valence-electron chi connectivity index (χ0n) is 10.3. The highest BCUT2D eigenvalue weighted by Gasteiger charge is 2.18. The van der Waals surface area contributed by atoms with Crippen molar-refractivity contribution in [2.24, 2.45) is 0 Å². The minimum absolute atomic E-state index is 0.0172. The molecule has 0 atom stereocenters. The molecule has 8 heteroatoms. The molecule has 0 bridgehead atoms. The van der Waals surface area contributed by atoms with Gasteiger partial charge in [-0.15, -0.1) is 11.3 Å². The van der Waals surface area contributed by atoms with Crippen LogP contribution in [-0.4, -0.2) is 18.4 Å². The molecule has 0 spiro atoms. The van der Waals surface area contributed by atoms with E-state index in [0.29, 0.717) is 5.69 Å². The lowest BCUT2D eigenvalue weighted by Gasteiger charge is -2.05. The zero-order chi connectivity index (χ0) is 14.0. The minimum atomic E-state index is -3.65. The molecule has 0 aliphatic rings. The van der Waals surface area contributed by atoms with Gasteiger partial charge in [-0.1, -0.05) is 18.5 Å². The van der Waals surface area contributed by atoms with Crippen LogP contribution in [0.25, 0.3) is 0 Å². The summed E-state index contributed by atoms with van der Waals surface area (Å²) in [4.78, 5) is 8.83. The topological polar surface area (TPSA) is 72.0 Å². The molecule has 0 radical (unpaired) electrons. The number of rotatable bonds is 4. The van der Waals surface area contributed by atoms with Gasteiger partial charge in [0.15, 0.2) is 0 Å². The second kappa shape index (κ2) is 5.44. The lowest BCUT2D eigenvalue weighted by molar-refractivity contribution is 0.602. The minimum Gasteiger partial charge on any atom is -0.246 e. The average Bonchev–Trinajstić information content (AvgIpc) is 2.75. The molecule has 0 fully saturated rings. The van der Waals surface area contributed by atoms with E-state index in [0.717, 1.165) is 11.3 Å². The van der Waals surface area contributed by atoms with Crippen molar-refractivity contribution in [2.75, 3.05) is 4.72 Å². The molecule has 0 unspecified atom stereocenters. The van der Waals surface area contributed by atoms with Gasteiger partial charge in [0, 0.05) is 10.6 Å². The Kier molecular flexibility index (Phi) is 4.07. The fourth-order valence-corrected chi connectivity index (χ4v) is 3.92. The first kappa shape index (κ1) is 14.2. The normalized spacial score (nSPS) is 11.5. The Bertz CT molecular complexity index is 677. The number of hydrogen-bond donors (Lipinski definition) is 1. The summed E-state index contributed by atoms with van der Waals surface area (Å²) in [5.74, 6) is -0.0172. The second-order valence-corrected chi connectivity index (χ2v) is 7.30. The van der Waals surface area contributed by atoms with Crippen LogP contribution in [-0.2, 0) is 16.4 Å². The van der Waals surface area contributed by atoms with Crippen LogP contribution in [0.3, 0.4) is 0 Å². The standard InChI is InChI=1S/C11H12ClN3O2S2/c1-3-8-4-5-10(18-8)19(16,17)15-11-13-7(2)6-9(12)14-11/h4-6H,3H2,1-2H3,(H,13,14,15). The SMILES string of the molecule is CCc1ccc(S(=O)(=O)Nc2nc(C)cc(Cl)n2)s1. The highest BCUT2D eigenvalue weighted by molar-refractivity contribution is 7.94. The highest BCUT2D eigenvalue weighted by Crippen LogP contribution is 2.23. The summed E-state index contributed by atoms with van der Waals surface area (Å²) in [5.41, 5.74) is 0.595. The predicted octanol–water partition coefficient (Wildman–Crippen LogP) is 2.86. The molecule has 0 saturated carbocycles. The fraction of sp³-hybridized carbons (Fsp3) is 0.273. The lowest BCUT2D eigenvalue weighted by Crippen LogP contribution is -2.14. The summed E-state index contributed by atoms with van der Waals surface area (Å²) in [5, 5.41) is 0.200. The molecule has 2 heterocycles. The highest BCUT2D eigenvalue weighted by atomic mass is 35.5. The van der Waals surface area contributed by atoms with Crippen LogP contribution >= 0.6 is 22.9 Å². The van der Waals surface area contributed by atoms with Crippen LogP contribution in [0.5, 0.6) is 0 Å². The van der Waals surface area contributed by atoms with Crippen molar-refractivity contribution in [1.29, 1.82) is 0 Å². The predicted molar refractivity (Wildman–Crippen MR) is 76.3 cm³/mol. The Labute approximate surface area is 120 Å². The summed E-state index contributed by atoms with van der Waals surface area (Å²) in [6, 6.07) is 4.92. The Morgan fingerprint density at radius 2 is 2.11 bits per heavy atom. The van der Waals surface area contributed by atoms with Gasteiger partial charge < -0.3 is 0 Å². The van der Waals surface area contributed by atoms with Gasteiger partial charge >= 0.3 is 0 Å². The molecule has 0 aromatic carbocycles. The molecule has 0 aliphatic carbocycles. The van der Waals surface area contributed by atoms with Crippen LogP contribution in [0.15, 0.2) is 22.4 Å². The maximum Gasteiger partial charge on any atom is 0.273 e. The molecule has 0 saturated heterocycles. The smallest absolute Gasteiger partial charge is 0.246 e. The number of thiophene rings is 1. The molecule has 5 nitrogen and oxygen atoms in total. The number of nitrogens with zero attached hydrogens (tertiary/aromatic N) is 2. The van der Waals surface area contributed by atoms with E-state index >= 15 is 0 Å². The average molecular weight is 318 g/mol. The second-order valence-electron chi connectivity index (χ2n) is 3.84. The van der Waals surface area contributed by atoms with E-state index in [1.165, 1.54) is 11.3 Å². The number of sulfonamides is 1. The van der Waals surface area contributed by atoms with Crippen LogP contribution in [0.2, 0.25) is 5.15 Å². The van der Waals surface area contributed by atoms with E-state index < -0.39 is 10.0 Å². The molecule has 1 N–H and O–H groups in total. The summed E-state index contributed by atoms with van der Waals surface area (Å²) in [6.07, 6.45) is 0.799. The third-order valence-electron chi connectivity index (χ3n) is 2.30. The van der Waals surface area contributed by atoms with E-state index in [-0.39, 0.29) is 15.3 Å². The Morgan fingerprint density at radius 3 is 2.68 bits per heavy atom. The molecular formula is C11H12ClN3O2S2. The molecule has 2 aromatic rings. The first-order valence-corrected chi connectivity index (χ1v) is 8.21. The maximum atomic E-state index is 12.1. The van der Waals surface area contributed by atoms with Gasteiger partial charge in [0.05, 0.1) is 0 Å². The molecule has 2 rings (SSSR count). The van der Waals surface area contributed by atoms with Crippen molar-refractivity contribution >= 4 is 38.9 Å². The molecular weight excluding hydrogens is 306 g/mol. The summed E-state index contributed by atoms with van der Waals surface area (Å²) >= 11 is 7.00. The zero-order valence-corrected chi connectivity index (χ0v) is 12.7. The van der Waals surface area contributed by atoms with Crippen LogP contribution in [0.4, 0.5) is 5.95 Å². The van der Waals surface area contributed by atoms with Crippen LogP contribution in [0.1, 0.15) is 17.5 Å². The fourth-order valence-electron chi connectivity index (χ4n) is 1.44. The first-order valence-electron chi connectivity index (χ1n) is 5.53. The third kappa shape index (κ3) is 3.43. The van der Waals surface area contributed by atoms with Crippen LogP contribution in [0, 0.1) is 6.92 Å². The lowest BCUT2D eigenvalue weighted by atomic mass is 10.4. The first-order chi connectivity index (χ1) is 8.90. The van der Waals surface area contributed by atoms with Gasteiger partial charge in [-0.2, -0.15) is 0 Å². The maximum absolute atomic E-state index is 12.1. The molecule has 19 heavy (non-hydrogen) atoms. The third-order valence-corrected chi connectivity index (χ3v) is 5.54. The summed E-state index contributed by atoms with van der Waals surface area (Å²) in [7, 11) is -3.65. The molecule has 0 aliphatic heterocycles. The summed E-state index contributed by atoms with van der Waals surface area (Å²) < 4.78 is 26.8. The van der Waals surface area contributed by atoms with E-state index in [2.05, 4.69) is 14.7 Å². The number of hydrogen-bond acceptors (Lipinski definition) is 5. The largest absolute Gasteiger partial charge is 0.273 e. The van der Waals surface area contributed by atoms with Gasteiger partial charge in [-0.25, -0.2) is 23.1 Å². The number of nitrogens with one attached hydrogen (secondary N) is 1. The van der Waals surface area contributed by atoms with E-state index in [1.54, 1.807) is 25.1 Å². The monoisotopic (exact) mass is 317 g/mol. The van der Waals surface area contributed by atoms with Gasteiger partial charge in [0.25, 0.3) is 10.0 Å².